The molecule has 0 spiro atoms. The van der Waals surface area contributed by atoms with Gasteiger partial charge in [-0.05, 0) is 36.8 Å². The molecule has 0 amide bonds. The van der Waals surface area contributed by atoms with Crippen LogP contribution in [0.3, 0.4) is 0 Å². The van der Waals surface area contributed by atoms with E-state index in [2.05, 4.69) is 4.72 Å². The van der Waals surface area contributed by atoms with Crippen molar-refractivity contribution < 1.29 is 8.42 Å². The smallest absolute Gasteiger partial charge is 0.271 e. The quantitative estimate of drug-likeness (QED) is 0.850. The van der Waals surface area contributed by atoms with Crippen molar-refractivity contribution in [3.8, 4) is 0 Å². The fourth-order valence-electron chi connectivity index (χ4n) is 1.49. The summed E-state index contributed by atoms with van der Waals surface area (Å²) in [4.78, 5) is 1.02. The highest BCUT2D eigenvalue weighted by Gasteiger charge is 2.17. The fourth-order valence-corrected chi connectivity index (χ4v) is 4.01. The number of aryl methyl sites for hydroxylation is 1. The molecule has 0 saturated heterocycles. The summed E-state index contributed by atoms with van der Waals surface area (Å²) in [6.07, 6.45) is 0.813. The maximum atomic E-state index is 12.2. The number of nitrogens with two attached hydrogens (primary N) is 1. The summed E-state index contributed by atoms with van der Waals surface area (Å²) >= 11 is 7.12. The third-order valence-corrected chi connectivity index (χ3v) is 5.93. The summed E-state index contributed by atoms with van der Waals surface area (Å²) in [5.74, 6) is 0. The second kappa shape index (κ2) is 5.40. The van der Waals surface area contributed by atoms with E-state index < -0.39 is 10.0 Å². The first-order valence-corrected chi connectivity index (χ1v) is 8.26. The zero-order chi connectivity index (χ0) is 14.0. The van der Waals surface area contributed by atoms with Crippen LogP contribution < -0.4 is 10.5 Å². The van der Waals surface area contributed by atoms with Gasteiger partial charge in [-0.1, -0.05) is 18.5 Å². The molecular weight excluding hydrogens is 304 g/mol. The lowest BCUT2D eigenvalue weighted by molar-refractivity contribution is 0.603. The molecule has 0 aliphatic carbocycles. The molecule has 1 aromatic heterocycles. The Balaban J connectivity index is 2.28. The predicted molar refractivity (Wildman–Crippen MR) is 80.4 cm³/mol. The Labute approximate surface area is 121 Å². The molecule has 0 radical (unpaired) electrons. The Morgan fingerprint density at radius 2 is 2.05 bits per heavy atom. The average molecular weight is 317 g/mol. The second-order valence-corrected chi connectivity index (χ2v) is 7.40. The van der Waals surface area contributed by atoms with Crippen LogP contribution in [0.4, 0.5) is 11.4 Å². The molecule has 0 fully saturated rings. The van der Waals surface area contributed by atoms with Gasteiger partial charge in [-0.2, -0.15) is 0 Å². The Kier molecular flexibility index (Phi) is 4.03. The van der Waals surface area contributed by atoms with Crippen molar-refractivity contribution in [3.05, 3.63) is 40.2 Å². The zero-order valence-corrected chi connectivity index (χ0v) is 12.6. The molecule has 0 atom stereocenters. The van der Waals surface area contributed by atoms with Gasteiger partial charge in [-0.25, -0.2) is 8.42 Å². The van der Waals surface area contributed by atoms with Crippen LogP contribution in [0, 0.1) is 0 Å². The number of nitrogen functional groups attached to an aromatic ring is 1. The Morgan fingerprint density at radius 3 is 2.63 bits per heavy atom. The topological polar surface area (TPSA) is 72.2 Å². The lowest BCUT2D eigenvalue weighted by Crippen LogP contribution is -2.11. The number of thiophene rings is 1. The molecule has 0 bridgehead atoms. The van der Waals surface area contributed by atoms with Gasteiger partial charge in [0.25, 0.3) is 10.0 Å². The van der Waals surface area contributed by atoms with Crippen LogP contribution in [-0.2, 0) is 16.4 Å². The van der Waals surface area contributed by atoms with E-state index in [1.807, 2.05) is 13.0 Å². The van der Waals surface area contributed by atoms with Crippen LogP contribution >= 0.6 is 22.9 Å². The van der Waals surface area contributed by atoms with Crippen molar-refractivity contribution in [3.63, 3.8) is 0 Å². The highest BCUT2D eigenvalue weighted by atomic mass is 35.5. The van der Waals surface area contributed by atoms with Crippen molar-refractivity contribution in [2.45, 2.75) is 17.6 Å². The van der Waals surface area contributed by atoms with Gasteiger partial charge in [-0.15, -0.1) is 11.3 Å². The monoisotopic (exact) mass is 316 g/mol. The summed E-state index contributed by atoms with van der Waals surface area (Å²) in [5, 5.41) is 0.320. The summed E-state index contributed by atoms with van der Waals surface area (Å²) < 4.78 is 27.1. The number of halogens is 1. The molecule has 102 valence electrons. The van der Waals surface area contributed by atoms with Gasteiger partial charge < -0.3 is 5.73 Å². The number of hydrogen-bond donors (Lipinski definition) is 2. The van der Waals surface area contributed by atoms with E-state index in [1.54, 1.807) is 18.2 Å². The van der Waals surface area contributed by atoms with Crippen LogP contribution in [-0.4, -0.2) is 8.42 Å². The number of anilines is 2. The minimum atomic E-state index is -3.56. The van der Waals surface area contributed by atoms with Crippen LogP contribution in [0.15, 0.2) is 34.5 Å². The van der Waals surface area contributed by atoms with E-state index in [1.165, 1.54) is 17.4 Å². The predicted octanol–water partition coefficient (Wildman–Crippen LogP) is 3.35. The summed E-state index contributed by atoms with van der Waals surface area (Å²) in [5.41, 5.74) is 6.38. The van der Waals surface area contributed by atoms with E-state index in [4.69, 9.17) is 17.3 Å². The molecule has 0 unspecified atom stereocenters. The van der Waals surface area contributed by atoms with E-state index in [-0.39, 0.29) is 4.21 Å². The average Bonchev–Trinajstić information content (AvgIpc) is 2.83. The highest BCUT2D eigenvalue weighted by molar-refractivity contribution is 7.94. The van der Waals surface area contributed by atoms with Crippen molar-refractivity contribution in [2.24, 2.45) is 0 Å². The second-order valence-electron chi connectivity index (χ2n) is 3.92. The number of sulfonamides is 1. The van der Waals surface area contributed by atoms with Crippen molar-refractivity contribution in [2.75, 3.05) is 10.5 Å². The largest absolute Gasteiger partial charge is 0.398 e. The van der Waals surface area contributed by atoms with Gasteiger partial charge in [-0.3, -0.25) is 4.72 Å². The minimum absolute atomic E-state index is 0.289. The number of hydrogen-bond acceptors (Lipinski definition) is 4. The maximum absolute atomic E-state index is 12.2. The molecule has 0 saturated carbocycles. The molecule has 0 aliphatic rings. The molecule has 1 aromatic carbocycles. The van der Waals surface area contributed by atoms with Gasteiger partial charge in [0.15, 0.2) is 0 Å². The Morgan fingerprint density at radius 1 is 1.32 bits per heavy atom. The molecular formula is C12H13ClN2O2S2. The van der Waals surface area contributed by atoms with Gasteiger partial charge >= 0.3 is 0 Å². The zero-order valence-electron chi connectivity index (χ0n) is 10.2. The minimum Gasteiger partial charge on any atom is -0.398 e. The molecule has 2 rings (SSSR count). The summed E-state index contributed by atoms with van der Waals surface area (Å²) in [6, 6.07) is 8.04. The maximum Gasteiger partial charge on any atom is 0.271 e. The van der Waals surface area contributed by atoms with E-state index >= 15 is 0 Å². The molecule has 2 aromatic rings. The first-order chi connectivity index (χ1) is 8.92. The standard InChI is InChI=1S/C12H13ClN2O2S2/c1-2-9-4-6-12(18-9)19(16,17)15-8-3-5-11(14)10(13)7-8/h3-7,15H,2,14H2,1H3. The first-order valence-electron chi connectivity index (χ1n) is 5.59. The molecule has 7 heteroatoms. The molecule has 3 N–H and O–H groups in total. The number of rotatable bonds is 4. The lowest BCUT2D eigenvalue weighted by atomic mass is 10.3. The third-order valence-electron chi connectivity index (χ3n) is 2.50. The molecule has 4 nitrogen and oxygen atoms in total. The van der Waals surface area contributed by atoms with Gasteiger partial charge in [0.1, 0.15) is 4.21 Å². The van der Waals surface area contributed by atoms with E-state index in [0.717, 1.165) is 11.3 Å². The van der Waals surface area contributed by atoms with Crippen molar-refractivity contribution in [1.29, 1.82) is 0 Å². The van der Waals surface area contributed by atoms with Gasteiger partial charge in [0, 0.05) is 4.88 Å². The molecule has 0 aliphatic heterocycles. The normalized spacial score (nSPS) is 11.5. The van der Waals surface area contributed by atoms with Gasteiger partial charge in [0.2, 0.25) is 0 Å². The summed E-state index contributed by atoms with van der Waals surface area (Å²) in [7, 11) is -3.56. The fraction of sp³-hybridized carbons (Fsp3) is 0.167. The van der Waals surface area contributed by atoms with Crippen LogP contribution in [0.5, 0.6) is 0 Å². The number of nitrogens with one attached hydrogen (secondary N) is 1. The van der Waals surface area contributed by atoms with Crippen LogP contribution in [0.2, 0.25) is 5.02 Å². The van der Waals surface area contributed by atoms with Gasteiger partial charge in [0.05, 0.1) is 16.4 Å². The number of benzene rings is 1. The third kappa shape index (κ3) is 3.20. The summed E-state index contributed by atoms with van der Waals surface area (Å²) in [6.45, 7) is 1.98. The first kappa shape index (κ1) is 14.2. The van der Waals surface area contributed by atoms with Crippen molar-refractivity contribution in [1.82, 2.24) is 0 Å². The van der Waals surface area contributed by atoms with E-state index in [9.17, 15) is 8.42 Å². The van der Waals surface area contributed by atoms with E-state index in [0.29, 0.717) is 16.4 Å². The molecule has 1 heterocycles. The Hall–Kier alpha value is -1.24. The molecule has 19 heavy (non-hydrogen) atoms. The lowest BCUT2D eigenvalue weighted by Gasteiger charge is -2.07. The van der Waals surface area contributed by atoms with Crippen LogP contribution in [0.25, 0.3) is 0 Å². The SMILES string of the molecule is CCc1ccc(S(=O)(=O)Nc2ccc(N)c(Cl)c2)s1. The Bertz CT molecular complexity index is 696. The van der Waals surface area contributed by atoms with Crippen molar-refractivity contribution >= 4 is 44.3 Å². The highest BCUT2D eigenvalue weighted by Crippen LogP contribution is 2.27. The van der Waals surface area contributed by atoms with Crippen LogP contribution in [0.1, 0.15) is 11.8 Å².